The lowest BCUT2D eigenvalue weighted by atomic mass is 10.1. The van der Waals surface area contributed by atoms with Gasteiger partial charge in [0.1, 0.15) is 6.33 Å². The largest absolute Gasteiger partial charge is 0.395 e. The molecular formula is C21H22N6O. The number of aliphatic hydroxyl groups excluding tert-OH is 1. The Morgan fingerprint density at radius 1 is 1.00 bits per heavy atom. The van der Waals surface area contributed by atoms with Crippen molar-refractivity contribution in [3.8, 4) is 5.69 Å². The number of aryl methyl sites for hydroxylation is 2. The third-order valence-electron chi connectivity index (χ3n) is 4.60. The predicted octanol–water partition coefficient (Wildman–Crippen LogP) is 3.58. The quantitative estimate of drug-likeness (QED) is 0.478. The van der Waals surface area contributed by atoms with Gasteiger partial charge in [-0.15, -0.1) is 0 Å². The second-order valence-electron chi connectivity index (χ2n) is 6.59. The number of nitrogens with one attached hydrogen (secondary N) is 2. The van der Waals surface area contributed by atoms with Crippen LogP contribution in [0.2, 0.25) is 0 Å². The van der Waals surface area contributed by atoms with E-state index >= 15 is 0 Å². The van der Waals surface area contributed by atoms with Crippen LogP contribution in [0.5, 0.6) is 0 Å². The Morgan fingerprint density at radius 3 is 2.57 bits per heavy atom. The topological polar surface area (TPSA) is 87.9 Å². The smallest absolute Gasteiger partial charge is 0.226 e. The fourth-order valence-electron chi connectivity index (χ4n) is 2.97. The molecule has 2 aromatic heterocycles. The molecular weight excluding hydrogens is 352 g/mol. The summed E-state index contributed by atoms with van der Waals surface area (Å²) < 4.78 is 1.92. The van der Waals surface area contributed by atoms with Gasteiger partial charge in [0.25, 0.3) is 0 Å². The van der Waals surface area contributed by atoms with Crippen LogP contribution in [0.25, 0.3) is 16.9 Å². The first-order valence-corrected chi connectivity index (χ1v) is 9.15. The highest BCUT2D eigenvalue weighted by Crippen LogP contribution is 2.27. The normalized spacial score (nSPS) is 11.0. The molecule has 0 amide bonds. The molecule has 2 heterocycles. The Labute approximate surface area is 163 Å². The van der Waals surface area contributed by atoms with Crippen molar-refractivity contribution in [2.24, 2.45) is 0 Å². The number of rotatable bonds is 6. The summed E-state index contributed by atoms with van der Waals surface area (Å²) in [5, 5.41) is 15.6. The lowest BCUT2D eigenvalue weighted by Crippen LogP contribution is -2.10. The molecule has 0 aliphatic heterocycles. The van der Waals surface area contributed by atoms with E-state index in [0.717, 1.165) is 11.4 Å². The van der Waals surface area contributed by atoms with Gasteiger partial charge in [-0.1, -0.05) is 24.3 Å². The van der Waals surface area contributed by atoms with Crippen LogP contribution in [-0.4, -0.2) is 37.8 Å². The third-order valence-corrected chi connectivity index (χ3v) is 4.60. The van der Waals surface area contributed by atoms with Crippen LogP contribution < -0.4 is 10.6 Å². The molecule has 0 atom stereocenters. The summed E-state index contributed by atoms with van der Waals surface area (Å²) in [7, 11) is 0. The molecule has 28 heavy (non-hydrogen) atoms. The molecule has 0 bridgehead atoms. The molecule has 4 aromatic rings. The van der Waals surface area contributed by atoms with Crippen LogP contribution in [0.1, 0.15) is 11.1 Å². The highest BCUT2D eigenvalue weighted by molar-refractivity contribution is 5.87. The van der Waals surface area contributed by atoms with Crippen molar-refractivity contribution in [3.63, 3.8) is 0 Å². The van der Waals surface area contributed by atoms with Crippen molar-refractivity contribution in [2.45, 2.75) is 13.8 Å². The average Bonchev–Trinajstić information content (AvgIpc) is 3.14. The van der Waals surface area contributed by atoms with Crippen LogP contribution >= 0.6 is 0 Å². The van der Waals surface area contributed by atoms with Crippen LogP contribution in [-0.2, 0) is 0 Å². The minimum absolute atomic E-state index is 0.000731. The molecule has 2 aromatic carbocycles. The molecule has 142 valence electrons. The number of benzene rings is 2. The van der Waals surface area contributed by atoms with Crippen molar-refractivity contribution in [2.75, 3.05) is 23.8 Å². The number of nitrogens with zero attached hydrogens (tertiary/aromatic N) is 4. The van der Waals surface area contributed by atoms with Crippen molar-refractivity contribution in [1.29, 1.82) is 0 Å². The Kier molecular flexibility index (Phi) is 4.90. The number of aromatic nitrogens is 4. The monoisotopic (exact) mass is 374 g/mol. The molecule has 7 nitrogen and oxygen atoms in total. The molecule has 4 rings (SSSR count). The zero-order valence-electron chi connectivity index (χ0n) is 15.8. The SMILES string of the molecule is Cc1ccc(Nc2nc(NCCO)nc3c2ncn3-c2ccccc2)cc1C. The van der Waals surface area contributed by atoms with Gasteiger partial charge in [0.15, 0.2) is 17.0 Å². The summed E-state index contributed by atoms with van der Waals surface area (Å²) in [6, 6.07) is 16.1. The first-order valence-electron chi connectivity index (χ1n) is 9.15. The second-order valence-corrected chi connectivity index (χ2v) is 6.59. The number of hydrogen-bond acceptors (Lipinski definition) is 6. The van der Waals surface area contributed by atoms with E-state index in [4.69, 9.17) is 5.11 Å². The summed E-state index contributed by atoms with van der Waals surface area (Å²) >= 11 is 0. The Balaban J connectivity index is 1.82. The van der Waals surface area contributed by atoms with Gasteiger partial charge in [-0.3, -0.25) is 4.57 Å². The van der Waals surface area contributed by atoms with E-state index in [1.54, 1.807) is 6.33 Å². The number of hydrogen-bond donors (Lipinski definition) is 3. The van der Waals surface area contributed by atoms with Crippen molar-refractivity contribution >= 4 is 28.6 Å². The van der Waals surface area contributed by atoms with E-state index in [0.29, 0.717) is 29.5 Å². The highest BCUT2D eigenvalue weighted by Gasteiger charge is 2.15. The molecule has 0 radical (unpaired) electrons. The number of imidazole rings is 1. The van der Waals surface area contributed by atoms with E-state index in [-0.39, 0.29) is 6.61 Å². The summed E-state index contributed by atoms with van der Waals surface area (Å²) in [6.07, 6.45) is 1.75. The zero-order valence-corrected chi connectivity index (χ0v) is 15.8. The predicted molar refractivity (Wildman–Crippen MR) is 111 cm³/mol. The Morgan fingerprint density at radius 2 is 1.82 bits per heavy atom. The fraction of sp³-hybridized carbons (Fsp3) is 0.190. The number of fused-ring (bicyclic) bond motifs is 1. The van der Waals surface area contributed by atoms with E-state index in [1.165, 1.54) is 11.1 Å². The van der Waals surface area contributed by atoms with Gasteiger partial charge in [0.2, 0.25) is 5.95 Å². The van der Waals surface area contributed by atoms with Crippen LogP contribution in [0.4, 0.5) is 17.5 Å². The first-order chi connectivity index (χ1) is 13.7. The maximum absolute atomic E-state index is 9.14. The Bertz CT molecular complexity index is 1110. The molecule has 3 N–H and O–H groups in total. The summed E-state index contributed by atoms with van der Waals surface area (Å²) in [4.78, 5) is 13.7. The molecule has 0 fully saturated rings. The van der Waals surface area contributed by atoms with Gasteiger partial charge >= 0.3 is 0 Å². The van der Waals surface area contributed by atoms with E-state index in [1.807, 2.05) is 41.0 Å². The molecule has 0 saturated carbocycles. The Hall–Kier alpha value is -3.45. The number of aliphatic hydroxyl groups is 1. The van der Waals surface area contributed by atoms with Crippen LogP contribution in [0.15, 0.2) is 54.9 Å². The summed E-state index contributed by atoms with van der Waals surface area (Å²) in [5.74, 6) is 1.05. The minimum Gasteiger partial charge on any atom is -0.395 e. The zero-order chi connectivity index (χ0) is 19.5. The molecule has 0 aliphatic rings. The number of anilines is 3. The maximum atomic E-state index is 9.14. The molecule has 7 heteroatoms. The van der Waals surface area contributed by atoms with Gasteiger partial charge < -0.3 is 15.7 Å². The fourth-order valence-corrected chi connectivity index (χ4v) is 2.97. The highest BCUT2D eigenvalue weighted by atomic mass is 16.3. The van der Waals surface area contributed by atoms with Crippen molar-refractivity contribution < 1.29 is 5.11 Å². The molecule has 0 spiro atoms. The van der Waals surface area contributed by atoms with Crippen LogP contribution in [0, 0.1) is 13.8 Å². The van der Waals surface area contributed by atoms with E-state index in [2.05, 4.69) is 51.6 Å². The number of para-hydroxylation sites is 1. The lowest BCUT2D eigenvalue weighted by Gasteiger charge is -2.11. The first kappa shape index (κ1) is 17.9. The molecule has 0 saturated heterocycles. The standard InChI is InChI=1S/C21H22N6O/c1-14-8-9-16(12-15(14)2)24-19-18-20(26-21(25-19)22-10-11-28)27(13-23-18)17-6-4-3-5-7-17/h3-9,12-13,28H,10-11H2,1-2H3,(H2,22,24,25,26). The van der Waals surface area contributed by atoms with Crippen molar-refractivity contribution in [3.05, 3.63) is 66.0 Å². The molecule has 0 unspecified atom stereocenters. The maximum Gasteiger partial charge on any atom is 0.226 e. The van der Waals surface area contributed by atoms with Crippen LogP contribution in [0.3, 0.4) is 0 Å². The average molecular weight is 374 g/mol. The van der Waals surface area contributed by atoms with E-state index < -0.39 is 0 Å². The summed E-state index contributed by atoms with van der Waals surface area (Å²) in [6.45, 7) is 4.53. The van der Waals surface area contributed by atoms with Gasteiger partial charge in [0.05, 0.1) is 6.61 Å². The second kappa shape index (κ2) is 7.66. The minimum atomic E-state index is -0.000731. The van der Waals surface area contributed by atoms with Gasteiger partial charge in [-0.2, -0.15) is 9.97 Å². The van der Waals surface area contributed by atoms with Gasteiger partial charge in [-0.05, 0) is 49.2 Å². The van der Waals surface area contributed by atoms with Gasteiger partial charge in [-0.25, -0.2) is 4.98 Å². The van der Waals surface area contributed by atoms with Crippen molar-refractivity contribution in [1.82, 2.24) is 19.5 Å². The third kappa shape index (κ3) is 3.52. The molecule has 0 aliphatic carbocycles. The summed E-state index contributed by atoms with van der Waals surface area (Å²) in [5.41, 5.74) is 5.70. The lowest BCUT2D eigenvalue weighted by molar-refractivity contribution is 0.311. The van der Waals surface area contributed by atoms with E-state index in [9.17, 15) is 0 Å². The van der Waals surface area contributed by atoms with Gasteiger partial charge in [0, 0.05) is 17.9 Å².